The second-order valence-electron chi connectivity index (χ2n) is 4.65. The molecular weight excluding hydrogens is 242 g/mol. The summed E-state index contributed by atoms with van der Waals surface area (Å²) in [7, 11) is 3.28. The molecule has 0 radical (unpaired) electrons. The summed E-state index contributed by atoms with van der Waals surface area (Å²) >= 11 is 0. The van der Waals surface area contributed by atoms with E-state index in [1.54, 1.807) is 14.2 Å². The topological polar surface area (TPSA) is 67.2 Å². The lowest BCUT2D eigenvalue weighted by Gasteiger charge is -2.16. The number of anilines is 1. The highest BCUT2D eigenvalue weighted by Gasteiger charge is 2.17. The maximum atomic E-state index is 9.19. The van der Waals surface area contributed by atoms with Gasteiger partial charge in [-0.25, -0.2) is 4.98 Å². The van der Waals surface area contributed by atoms with Crippen LogP contribution in [0.15, 0.2) is 6.07 Å². The number of hydrogen-bond acceptors (Lipinski definition) is 5. The summed E-state index contributed by atoms with van der Waals surface area (Å²) in [5.41, 5.74) is 2.93. The standard InChI is InChI=1S/C14H19N3O2/c1-18-9-12(19-2)8-16-14-11(7-15)6-10-4-3-5-13(10)17-14/h6,12H,3-5,8-9H2,1-2H3,(H,16,17). The molecule has 1 aliphatic rings. The van der Waals surface area contributed by atoms with Gasteiger partial charge in [0.25, 0.3) is 0 Å². The number of nitrogens with zero attached hydrogens (tertiary/aromatic N) is 2. The van der Waals surface area contributed by atoms with Crippen molar-refractivity contribution in [2.75, 3.05) is 32.7 Å². The number of methoxy groups -OCH3 is 2. The lowest BCUT2D eigenvalue weighted by Crippen LogP contribution is -2.27. The Balaban J connectivity index is 2.09. The van der Waals surface area contributed by atoms with Gasteiger partial charge in [0.05, 0.1) is 18.3 Å². The van der Waals surface area contributed by atoms with E-state index < -0.39 is 0 Å². The fourth-order valence-electron chi connectivity index (χ4n) is 2.30. The van der Waals surface area contributed by atoms with E-state index in [0.717, 1.165) is 25.0 Å². The molecule has 0 bridgehead atoms. The van der Waals surface area contributed by atoms with Crippen LogP contribution in [0.2, 0.25) is 0 Å². The van der Waals surface area contributed by atoms with Crippen LogP contribution in [0.4, 0.5) is 5.82 Å². The second kappa shape index (κ2) is 6.50. The number of ether oxygens (including phenoxy) is 2. The van der Waals surface area contributed by atoms with Crippen molar-refractivity contribution in [1.82, 2.24) is 4.98 Å². The van der Waals surface area contributed by atoms with E-state index in [0.29, 0.717) is 24.5 Å². The first-order chi connectivity index (χ1) is 9.28. The van der Waals surface area contributed by atoms with Crippen molar-refractivity contribution in [3.63, 3.8) is 0 Å². The van der Waals surface area contributed by atoms with Gasteiger partial charge < -0.3 is 14.8 Å². The van der Waals surface area contributed by atoms with Crippen LogP contribution in [0.1, 0.15) is 23.2 Å². The lowest BCUT2D eigenvalue weighted by atomic mass is 10.1. The number of rotatable bonds is 6. The van der Waals surface area contributed by atoms with E-state index in [-0.39, 0.29) is 6.10 Å². The predicted molar refractivity (Wildman–Crippen MR) is 72.1 cm³/mol. The Morgan fingerprint density at radius 3 is 3.00 bits per heavy atom. The molecule has 1 heterocycles. The zero-order valence-electron chi connectivity index (χ0n) is 11.4. The number of nitrogens with one attached hydrogen (secondary N) is 1. The molecule has 19 heavy (non-hydrogen) atoms. The van der Waals surface area contributed by atoms with Crippen LogP contribution >= 0.6 is 0 Å². The minimum atomic E-state index is -0.0494. The van der Waals surface area contributed by atoms with Crippen molar-refractivity contribution in [3.8, 4) is 6.07 Å². The van der Waals surface area contributed by atoms with E-state index >= 15 is 0 Å². The summed E-state index contributed by atoms with van der Waals surface area (Å²) in [4.78, 5) is 4.56. The summed E-state index contributed by atoms with van der Waals surface area (Å²) in [5, 5.41) is 12.4. The molecule has 0 aromatic carbocycles. The van der Waals surface area contributed by atoms with E-state index in [4.69, 9.17) is 9.47 Å². The number of hydrogen-bond donors (Lipinski definition) is 1. The van der Waals surface area contributed by atoms with Gasteiger partial charge in [-0.05, 0) is 30.9 Å². The molecule has 1 unspecified atom stereocenters. The molecule has 1 atom stereocenters. The summed E-state index contributed by atoms with van der Waals surface area (Å²) in [6, 6.07) is 4.16. The molecule has 1 aromatic heterocycles. The fourth-order valence-corrected chi connectivity index (χ4v) is 2.30. The van der Waals surface area contributed by atoms with E-state index in [1.807, 2.05) is 6.07 Å². The van der Waals surface area contributed by atoms with Crippen molar-refractivity contribution >= 4 is 5.82 Å². The van der Waals surface area contributed by atoms with Gasteiger partial charge in [0.15, 0.2) is 0 Å². The smallest absolute Gasteiger partial charge is 0.144 e. The molecule has 5 nitrogen and oxygen atoms in total. The van der Waals surface area contributed by atoms with Crippen molar-refractivity contribution in [2.45, 2.75) is 25.4 Å². The third-order valence-electron chi connectivity index (χ3n) is 3.35. The molecule has 102 valence electrons. The second-order valence-corrected chi connectivity index (χ2v) is 4.65. The van der Waals surface area contributed by atoms with Gasteiger partial charge in [-0.15, -0.1) is 0 Å². The van der Waals surface area contributed by atoms with Crippen LogP contribution < -0.4 is 5.32 Å². The van der Waals surface area contributed by atoms with Crippen molar-refractivity contribution in [1.29, 1.82) is 5.26 Å². The average molecular weight is 261 g/mol. The average Bonchev–Trinajstić information content (AvgIpc) is 2.89. The molecule has 0 spiro atoms. The summed E-state index contributed by atoms with van der Waals surface area (Å²) in [6.45, 7) is 1.08. The van der Waals surface area contributed by atoms with Gasteiger partial charge in [-0.1, -0.05) is 0 Å². The highest BCUT2D eigenvalue weighted by atomic mass is 16.5. The Bertz CT molecular complexity index is 482. The first-order valence-corrected chi connectivity index (χ1v) is 6.47. The Morgan fingerprint density at radius 1 is 1.47 bits per heavy atom. The lowest BCUT2D eigenvalue weighted by molar-refractivity contribution is 0.0365. The first-order valence-electron chi connectivity index (χ1n) is 6.47. The number of aromatic nitrogens is 1. The Kier molecular flexibility index (Phi) is 4.72. The number of aryl methyl sites for hydroxylation is 2. The van der Waals surface area contributed by atoms with Crippen LogP contribution in [0.25, 0.3) is 0 Å². The number of nitriles is 1. The van der Waals surface area contributed by atoms with Crippen molar-refractivity contribution in [3.05, 3.63) is 22.9 Å². The molecule has 0 fully saturated rings. The minimum absolute atomic E-state index is 0.0494. The van der Waals surface area contributed by atoms with Crippen molar-refractivity contribution in [2.24, 2.45) is 0 Å². The summed E-state index contributed by atoms with van der Waals surface area (Å²) in [6.07, 6.45) is 3.11. The first kappa shape index (κ1) is 13.8. The molecule has 0 aliphatic heterocycles. The van der Waals surface area contributed by atoms with Gasteiger partial charge in [0.2, 0.25) is 0 Å². The number of pyridine rings is 1. The van der Waals surface area contributed by atoms with Gasteiger partial charge in [-0.3, -0.25) is 0 Å². The highest BCUT2D eigenvalue weighted by molar-refractivity contribution is 5.55. The molecule has 2 rings (SSSR count). The van der Waals surface area contributed by atoms with E-state index in [9.17, 15) is 5.26 Å². The maximum Gasteiger partial charge on any atom is 0.144 e. The number of fused-ring (bicyclic) bond motifs is 1. The monoisotopic (exact) mass is 261 g/mol. The molecular formula is C14H19N3O2. The van der Waals surface area contributed by atoms with Gasteiger partial charge in [-0.2, -0.15) is 5.26 Å². The third kappa shape index (κ3) is 3.22. The largest absolute Gasteiger partial charge is 0.382 e. The Labute approximate surface area is 113 Å². The Hall–Kier alpha value is -1.64. The minimum Gasteiger partial charge on any atom is -0.382 e. The normalized spacial score (nSPS) is 14.8. The van der Waals surface area contributed by atoms with Crippen molar-refractivity contribution < 1.29 is 9.47 Å². The molecule has 1 N–H and O–H groups in total. The van der Waals surface area contributed by atoms with Gasteiger partial charge >= 0.3 is 0 Å². The SMILES string of the molecule is COCC(CNc1nc2c(cc1C#N)CCC2)OC. The molecule has 1 aliphatic carbocycles. The summed E-state index contributed by atoms with van der Waals surface area (Å²) < 4.78 is 10.3. The van der Waals surface area contributed by atoms with Crippen LogP contribution in [-0.4, -0.2) is 38.5 Å². The molecule has 1 aromatic rings. The van der Waals surface area contributed by atoms with E-state index in [1.165, 1.54) is 5.56 Å². The third-order valence-corrected chi connectivity index (χ3v) is 3.35. The van der Waals surface area contributed by atoms with Gasteiger partial charge in [0, 0.05) is 26.5 Å². The maximum absolute atomic E-state index is 9.19. The molecule has 0 amide bonds. The molecule has 0 saturated carbocycles. The predicted octanol–water partition coefficient (Wildman–Crippen LogP) is 1.52. The highest BCUT2D eigenvalue weighted by Crippen LogP contribution is 2.24. The van der Waals surface area contributed by atoms with Crippen LogP contribution in [0.5, 0.6) is 0 Å². The van der Waals surface area contributed by atoms with Crippen LogP contribution in [-0.2, 0) is 22.3 Å². The van der Waals surface area contributed by atoms with Crippen LogP contribution in [0, 0.1) is 11.3 Å². The zero-order valence-corrected chi connectivity index (χ0v) is 11.4. The fraction of sp³-hybridized carbons (Fsp3) is 0.571. The molecule has 5 heteroatoms. The van der Waals surface area contributed by atoms with Gasteiger partial charge in [0.1, 0.15) is 11.9 Å². The quantitative estimate of drug-likeness (QED) is 0.841. The Morgan fingerprint density at radius 2 is 2.32 bits per heavy atom. The van der Waals surface area contributed by atoms with Crippen LogP contribution in [0.3, 0.4) is 0 Å². The molecule has 0 saturated heterocycles. The van der Waals surface area contributed by atoms with E-state index in [2.05, 4.69) is 16.4 Å². The summed E-state index contributed by atoms with van der Waals surface area (Å²) in [5.74, 6) is 0.654. The zero-order chi connectivity index (χ0) is 13.7.